The monoisotopic (exact) mass is 433 g/mol. The zero-order valence-electron chi connectivity index (χ0n) is 18.7. The molecule has 3 rings (SSSR count). The molecule has 0 spiro atoms. The molecular formula is C25H27N3O4. The van der Waals surface area contributed by atoms with E-state index in [-0.39, 0.29) is 24.3 Å². The average molecular weight is 434 g/mol. The SMILES string of the molecule is CNC(=O)/C(=N\OC)c1ccccc1COc1ncc(C(OC)c2ccccc2)cc1C. The number of nitrogens with one attached hydrogen (secondary N) is 1. The Balaban J connectivity index is 1.81. The van der Waals surface area contributed by atoms with Gasteiger partial charge in [0.05, 0.1) is 0 Å². The van der Waals surface area contributed by atoms with E-state index in [0.717, 1.165) is 22.3 Å². The van der Waals surface area contributed by atoms with Gasteiger partial charge in [-0.3, -0.25) is 4.79 Å². The fourth-order valence-corrected chi connectivity index (χ4v) is 3.42. The molecule has 7 nitrogen and oxygen atoms in total. The molecule has 166 valence electrons. The number of carbonyl (C=O) groups is 1. The number of benzene rings is 2. The third kappa shape index (κ3) is 5.31. The van der Waals surface area contributed by atoms with E-state index in [0.29, 0.717) is 11.4 Å². The molecule has 0 saturated heterocycles. The lowest BCUT2D eigenvalue weighted by Crippen LogP contribution is -2.29. The van der Waals surface area contributed by atoms with Crippen LogP contribution in [-0.4, -0.2) is 37.9 Å². The molecule has 2 aromatic carbocycles. The smallest absolute Gasteiger partial charge is 0.273 e. The van der Waals surface area contributed by atoms with Gasteiger partial charge in [-0.05, 0) is 24.1 Å². The predicted molar refractivity (Wildman–Crippen MR) is 123 cm³/mol. The second kappa shape index (κ2) is 11.1. The molecule has 1 unspecified atom stereocenters. The van der Waals surface area contributed by atoms with Crippen molar-refractivity contribution in [2.75, 3.05) is 21.3 Å². The molecule has 1 atom stereocenters. The molecule has 32 heavy (non-hydrogen) atoms. The number of likely N-dealkylation sites (N-methyl/N-ethyl adjacent to an activating group) is 1. The fourth-order valence-electron chi connectivity index (χ4n) is 3.42. The highest BCUT2D eigenvalue weighted by atomic mass is 16.6. The van der Waals surface area contributed by atoms with Crippen LogP contribution in [0.25, 0.3) is 0 Å². The van der Waals surface area contributed by atoms with Gasteiger partial charge >= 0.3 is 0 Å². The lowest BCUT2D eigenvalue weighted by Gasteiger charge is -2.18. The van der Waals surface area contributed by atoms with Crippen molar-refractivity contribution in [2.45, 2.75) is 19.6 Å². The first-order chi connectivity index (χ1) is 15.6. The highest BCUT2D eigenvalue weighted by Crippen LogP contribution is 2.28. The van der Waals surface area contributed by atoms with Gasteiger partial charge in [0.2, 0.25) is 5.88 Å². The zero-order chi connectivity index (χ0) is 22.9. The van der Waals surface area contributed by atoms with Gasteiger partial charge in [-0.1, -0.05) is 59.8 Å². The Hall–Kier alpha value is -3.71. The number of aryl methyl sites for hydroxylation is 1. The molecule has 3 aromatic rings. The Bertz CT molecular complexity index is 1080. The molecule has 0 saturated carbocycles. The maximum absolute atomic E-state index is 12.2. The highest BCUT2D eigenvalue weighted by molar-refractivity contribution is 6.45. The van der Waals surface area contributed by atoms with Crippen LogP contribution < -0.4 is 10.1 Å². The molecule has 0 radical (unpaired) electrons. The van der Waals surface area contributed by atoms with Gasteiger partial charge in [0, 0.05) is 37.0 Å². The minimum Gasteiger partial charge on any atom is -0.473 e. The van der Waals surface area contributed by atoms with E-state index in [9.17, 15) is 4.79 Å². The molecule has 0 aliphatic heterocycles. The van der Waals surface area contributed by atoms with Crippen molar-refractivity contribution in [3.63, 3.8) is 0 Å². The number of pyridine rings is 1. The van der Waals surface area contributed by atoms with Crippen molar-refractivity contribution < 1.29 is 19.1 Å². The fraction of sp³-hybridized carbons (Fsp3) is 0.240. The van der Waals surface area contributed by atoms with Crippen LogP contribution in [0.1, 0.15) is 33.9 Å². The van der Waals surface area contributed by atoms with Crippen LogP contribution >= 0.6 is 0 Å². The van der Waals surface area contributed by atoms with Gasteiger partial charge in [0.1, 0.15) is 19.8 Å². The maximum Gasteiger partial charge on any atom is 0.273 e. The highest BCUT2D eigenvalue weighted by Gasteiger charge is 2.19. The molecule has 1 amide bonds. The summed E-state index contributed by atoms with van der Waals surface area (Å²) in [6, 6.07) is 19.4. The van der Waals surface area contributed by atoms with Gasteiger partial charge in [-0.15, -0.1) is 0 Å². The first kappa shape index (κ1) is 23.0. The normalized spacial score (nSPS) is 12.2. The maximum atomic E-state index is 12.2. The Kier molecular flexibility index (Phi) is 7.94. The van der Waals surface area contributed by atoms with E-state index < -0.39 is 0 Å². The summed E-state index contributed by atoms with van der Waals surface area (Å²) in [5.41, 5.74) is 4.48. The van der Waals surface area contributed by atoms with Crippen LogP contribution in [0.3, 0.4) is 0 Å². The van der Waals surface area contributed by atoms with Crippen molar-refractivity contribution in [2.24, 2.45) is 5.16 Å². The van der Waals surface area contributed by atoms with Crippen LogP contribution in [0, 0.1) is 6.92 Å². The van der Waals surface area contributed by atoms with Crippen molar-refractivity contribution >= 4 is 11.6 Å². The Morgan fingerprint density at radius 2 is 1.78 bits per heavy atom. The van der Waals surface area contributed by atoms with E-state index in [1.54, 1.807) is 26.4 Å². The number of oxime groups is 1. The molecule has 0 bridgehead atoms. The number of carbonyl (C=O) groups excluding carboxylic acids is 1. The second-order valence-electron chi connectivity index (χ2n) is 7.06. The predicted octanol–water partition coefficient (Wildman–Crippen LogP) is 3.80. The van der Waals surface area contributed by atoms with Gasteiger partial charge in [-0.2, -0.15) is 0 Å². The van der Waals surface area contributed by atoms with Gasteiger partial charge in [0.25, 0.3) is 5.91 Å². The van der Waals surface area contributed by atoms with Crippen molar-refractivity contribution in [3.8, 4) is 5.88 Å². The zero-order valence-corrected chi connectivity index (χ0v) is 18.7. The van der Waals surface area contributed by atoms with Gasteiger partial charge < -0.3 is 19.6 Å². The van der Waals surface area contributed by atoms with Crippen LogP contribution in [-0.2, 0) is 21.0 Å². The van der Waals surface area contributed by atoms with Crippen LogP contribution in [0.2, 0.25) is 0 Å². The van der Waals surface area contributed by atoms with Crippen molar-refractivity contribution in [3.05, 3.63) is 94.7 Å². The number of aromatic nitrogens is 1. The van der Waals surface area contributed by atoms with E-state index in [1.165, 1.54) is 7.11 Å². The van der Waals surface area contributed by atoms with Crippen molar-refractivity contribution in [1.82, 2.24) is 10.3 Å². The minimum absolute atomic E-state index is 0.181. The third-order valence-electron chi connectivity index (χ3n) is 4.95. The topological polar surface area (TPSA) is 82.0 Å². The van der Waals surface area contributed by atoms with Crippen LogP contribution in [0.4, 0.5) is 0 Å². The number of methoxy groups -OCH3 is 1. The molecule has 0 aliphatic rings. The molecule has 0 aliphatic carbocycles. The summed E-state index contributed by atoms with van der Waals surface area (Å²) < 4.78 is 11.7. The van der Waals surface area contributed by atoms with Gasteiger partial charge in [-0.25, -0.2) is 4.98 Å². The van der Waals surface area contributed by atoms with Crippen molar-refractivity contribution in [1.29, 1.82) is 0 Å². The Morgan fingerprint density at radius 3 is 2.44 bits per heavy atom. The molecule has 0 fully saturated rings. The van der Waals surface area contributed by atoms with E-state index in [1.807, 2.05) is 61.5 Å². The van der Waals surface area contributed by atoms with Crippen LogP contribution in [0.15, 0.2) is 72.0 Å². The summed E-state index contributed by atoms with van der Waals surface area (Å²) in [6.07, 6.45) is 1.55. The second-order valence-corrected chi connectivity index (χ2v) is 7.06. The number of amides is 1. The quantitative estimate of drug-likeness (QED) is 0.410. The lowest BCUT2D eigenvalue weighted by atomic mass is 10.0. The third-order valence-corrected chi connectivity index (χ3v) is 4.95. The average Bonchev–Trinajstić information content (AvgIpc) is 2.83. The molecular weight excluding hydrogens is 406 g/mol. The number of ether oxygens (including phenoxy) is 2. The Morgan fingerprint density at radius 1 is 1.06 bits per heavy atom. The number of nitrogens with zero attached hydrogens (tertiary/aromatic N) is 2. The largest absolute Gasteiger partial charge is 0.473 e. The summed E-state index contributed by atoms with van der Waals surface area (Å²) in [4.78, 5) is 21.6. The first-order valence-corrected chi connectivity index (χ1v) is 10.2. The van der Waals surface area contributed by atoms with Crippen LogP contribution in [0.5, 0.6) is 5.88 Å². The standard InChI is InChI=1S/C25H27N3O4/c1-17-14-20(23(30-3)18-10-6-5-7-11-18)15-27-25(17)32-16-19-12-8-9-13-21(19)22(28-31-4)24(29)26-2/h5-15,23H,16H2,1-4H3,(H,26,29)/b28-22-. The number of hydrogen-bond acceptors (Lipinski definition) is 6. The minimum atomic E-state index is -0.343. The Labute approximate surface area is 188 Å². The van der Waals surface area contributed by atoms with Gasteiger partial charge in [0.15, 0.2) is 5.71 Å². The van der Waals surface area contributed by atoms with E-state index >= 15 is 0 Å². The van der Waals surface area contributed by atoms with E-state index in [4.69, 9.17) is 14.3 Å². The summed E-state index contributed by atoms with van der Waals surface area (Å²) >= 11 is 0. The molecule has 7 heteroatoms. The molecule has 1 N–H and O–H groups in total. The molecule has 1 heterocycles. The summed E-state index contributed by atoms with van der Waals surface area (Å²) in [6.45, 7) is 2.16. The van der Waals surface area contributed by atoms with E-state index in [2.05, 4.69) is 15.5 Å². The molecule has 1 aromatic heterocycles. The summed E-state index contributed by atoms with van der Waals surface area (Å²) in [7, 11) is 4.63. The summed E-state index contributed by atoms with van der Waals surface area (Å²) in [5.74, 6) is 0.168. The summed E-state index contributed by atoms with van der Waals surface area (Å²) in [5, 5.41) is 6.47. The lowest BCUT2D eigenvalue weighted by molar-refractivity contribution is -0.114. The number of rotatable bonds is 9. The number of hydrogen-bond donors (Lipinski definition) is 1. The first-order valence-electron chi connectivity index (χ1n) is 10.2.